The van der Waals surface area contributed by atoms with Crippen LogP contribution in [0.3, 0.4) is 0 Å². The molecule has 2 fully saturated rings. The molecule has 0 bridgehead atoms. The van der Waals surface area contributed by atoms with Crippen molar-refractivity contribution < 1.29 is 9.94 Å². The maximum absolute atomic E-state index is 9.44. The maximum Gasteiger partial charge on any atom is 0.281 e. The number of hydrogen-bond acceptors (Lipinski definition) is 7. The molecular formula is C24H29N5O2. The standard InChI is InChI=1S/C24H29N5O2/c30-17-18-10-15-28(16-11-18)23-24(26-13-12-25-23)31-29-14-4-3-7-22(29)21-9-8-19-5-1-2-6-20(19)27-21/h1-2,5-6,8-9,12-13,18,22,30H,3-4,7,10-11,14-17H2. The number of piperidine rings is 2. The molecule has 1 N–H and O–H groups in total. The highest BCUT2D eigenvalue weighted by Crippen LogP contribution is 2.34. The van der Waals surface area contributed by atoms with E-state index in [-0.39, 0.29) is 12.6 Å². The fourth-order valence-corrected chi connectivity index (χ4v) is 4.61. The molecule has 3 aromatic rings. The fraction of sp³-hybridized carbons (Fsp3) is 0.458. The highest BCUT2D eigenvalue weighted by Gasteiger charge is 2.30. The van der Waals surface area contributed by atoms with E-state index in [0.717, 1.165) is 74.2 Å². The zero-order valence-electron chi connectivity index (χ0n) is 17.7. The molecule has 2 aliphatic rings. The molecule has 1 unspecified atom stereocenters. The SMILES string of the molecule is OCC1CCN(c2nccnc2ON2CCCCC2c2ccc3ccccc3n2)CC1. The van der Waals surface area contributed by atoms with Gasteiger partial charge in [-0.25, -0.2) is 9.97 Å². The average Bonchev–Trinajstić information content (AvgIpc) is 2.84. The summed E-state index contributed by atoms with van der Waals surface area (Å²) in [5.74, 6) is 1.72. The third kappa shape index (κ3) is 4.34. The Hall–Kier alpha value is -2.77. The van der Waals surface area contributed by atoms with Crippen molar-refractivity contribution in [2.24, 2.45) is 5.92 Å². The van der Waals surface area contributed by atoms with Gasteiger partial charge in [0.1, 0.15) is 0 Å². The second-order valence-corrected chi connectivity index (χ2v) is 8.47. The van der Waals surface area contributed by atoms with Crippen LogP contribution in [0.1, 0.15) is 43.8 Å². The average molecular weight is 420 g/mol. The third-order valence-corrected chi connectivity index (χ3v) is 6.44. The van der Waals surface area contributed by atoms with Crippen LogP contribution < -0.4 is 9.74 Å². The van der Waals surface area contributed by atoms with E-state index in [1.807, 2.05) is 17.2 Å². The lowest BCUT2D eigenvalue weighted by atomic mass is 9.98. The number of pyridine rings is 1. The number of fused-ring (bicyclic) bond motifs is 1. The predicted molar refractivity (Wildman–Crippen MR) is 120 cm³/mol. The van der Waals surface area contributed by atoms with Crippen molar-refractivity contribution >= 4 is 16.7 Å². The molecule has 31 heavy (non-hydrogen) atoms. The summed E-state index contributed by atoms with van der Waals surface area (Å²) in [6.07, 6.45) is 8.57. The van der Waals surface area contributed by atoms with E-state index < -0.39 is 0 Å². The molecule has 0 radical (unpaired) electrons. The topological polar surface area (TPSA) is 74.6 Å². The molecule has 7 heteroatoms. The predicted octanol–water partition coefficient (Wildman–Crippen LogP) is 3.75. The van der Waals surface area contributed by atoms with Gasteiger partial charge in [-0.1, -0.05) is 24.3 Å². The zero-order valence-corrected chi connectivity index (χ0v) is 17.7. The number of nitrogens with zero attached hydrogens (tertiary/aromatic N) is 5. The van der Waals surface area contributed by atoms with Crippen LogP contribution in [0.4, 0.5) is 5.82 Å². The van der Waals surface area contributed by atoms with E-state index in [1.54, 1.807) is 12.4 Å². The maximum atomic E-state index is 9.44. The molecule has 0 aliphatic carbocycles. The van der Waals surface area contributed by atoms with Crippen LogP contribution in [0.5, 0.6) is 5.88 Å². The van der Waals surface area contributed by atoms with Crippen molar-refractivity contribution in [1.29, 1.82) is 0 Å². The van der Waals surface area contributed by atoms with Crippen molar-refractivity contribution in [2.75, 3.05) is 31.1 Å². The molecule has 0 saturated carbocycles. The van der Waals surface area contributed by atoms with Gasteiger partial charge in [0.15, 0.2) is 5.82 Å². The van der Waals surface area contributed by atoms with Gasteiger partial charge in [-0.15, -0.1) is 5.06 Å². The number of anilines is 1. The summed E-state index contributed by atoms with van der Waals surface area (Å²) in [7, 11) is 0. The van der Waals surface area contributed by atoms with Crippen molar-refractivity contribution in [2.45, 2.75) is 38.1 Å². The first-order chi connectivity index (χ1) is 15.3. The molecular weight excluding hydrogens is 390 g/mol. The smallest absolute Gasteiger partial charge is 0.281 e. The van der Waals surface area contributed by atoms with Crippen LogP contribution in [0.2, 0.25) is 0 Å². The molecule has 2 aromatic heterocycles. The molecule has 5 rings (SSSR count). The second kappa shape index (κ2) is 9.16. The lowest BCUT2D eigenvalue weighted by molar-refractivity contribution is -0.118. The molecule has 4 heterocycles. The molecule has 1 atom stereocenters. The molecule has 7 nitrogen and oxygen atoms in total. The lowest BCUT2D eigenvalue weighted by Crippen LogP contribution is -2.39. The van der Waals surface area contributed by atoms with Crippen molar-refractivity contribution in [3.05, 3.63) is 54.5 Å². The Morgan fingerprint density at radius 3 is 2.65 bits per heavy atom. The minimum absolute atomic E-state index is 0.0911. The highest BCUT2D eigenvalue weighted by molar-refractivity contribution is 5.78. The third-order valence-electron chi connectivity index (χ3n) is 6.44. The quantitative estimate of drug-likeness (QED) is 0.675. The summed E-state index contributed by atoms with van der Waals surface area (Å²) < 4.78 is 0. The Kier molecular flexibility index (Phi) is 5.95. The first-order valence-electron chi connectivity index (χ1n) is 11.3. The first-order valence-corrected chi connectivity index (χ1v) is 11.3. The molecule has 0 amide bonds. The van der Waals surface area contributed by atoms with Gasteiger partial charge in [0.2, 0.25) is 0 Å². The number of aliphatic hydroxyl groups is 1. The Labute approximate surface area is 182 Å². The number of aliphatic hydroxyl groups excluding tert-OH is 1. The minimum atomic E-state index is 0.0911. The van der Waals surface area contributed by atoms with Gasteiger partial charge >= 0.3 is 0 Å². The number of rotatable bonds is 5. The Balaban J connectivity index is 1.38. The van der Waals surface area contributed by atoms with Gasteiger partial charge in [0.25, 0.3) is 5.88 Å². The molecule has 1 aromatic carbocycles. The van der Waals surface area contributed by atoms with Crippen LogP contribution >= 0.6 is 0 Å². The highest BCUT2D eigenvalue weighted by atomic mass is 16.7. The molecule has 2 aliphatic heterocycles. The van der Waals surface area contributed by atoms with Crippen LogP contribution in [0.25, 0.3) is 10.9 Å². The van der Waals surface area contributed by atoms with Gasteiger partial charge in [-0.3, -0.25) is 4.98 Å². The van der Waals surface area contributed by atoms with Crippen LogP contribution in [0.15, 0.2) is 48.8 Å². The van der Waals surface area contributed by atoms with E-state index >= 15 is 0 Å². The van der Waals surface area contributed by atoms with Crippen LogP contribution in [0, 0.1) is 5.92 Å². The monoisotopic (exact) mass is 419 g/mol. The number of hydrogen-bond donors (Lipinski definition) is 1. The summed E-state index contributed by atoms with van der Waals surface area (Å²) in [6.45, 7) is 2.81. The number of benzene rings is 1. The van der Waals surface area contributed by atoms with E-state index in [1.165, 1.54) is 0 Å². The van der Waals surface area contributed by atoms with E-state index in [9.17, 15) is 5.11 Å². The second-order valence-electron chi connectivity index (χ2n) is 8.47. The number of para-hydroxylation sites is 1. The summed E-state index contributed by atoms with van der Waals surface area (Å²) in [5, 5.41) is 12.6. The van der Waals surface area contributed by atoms with Crippen molar-refractivity contribution in [1.82, 2.24) is 20.0 Å². The van der Waals surface area contributed by atoms with Gasteiger partial charge in [0, 0.05) is 44.0 Å². The molecule has 0 spiro atoms. The first kappa shape index (κ1) is 20.2. The van der Waals surface area contributed by atoms with E-state index in [2.05, 4.69) is 39.1 Å². The molecule has 2 saturated heterocycles. The normalized spacial score (nSPS) is 20.8. The van der Waals surface area contributed by atoms with Gasteiger partial charge in [0.05, 0.1) is 17.3 Å². The summed E-state index contributed by atoms with van der Waals surface area (Å²) in [4.78, 5) is 22.7. The number of hydroxylamine groups is 2. The van der Waals surface area contributed by atoms with Crippen LogP contribution in [-0.4, -0.2) is 51.4 Å². The Morgan fingerprint density at radius 2 is 1.77 bits per heavy atom. The Bertz CT molecular complexity index is 1020. The number of aromatic nitrogens is 3. The summed E-state index contributed by atoms with van der Waals surface area (Å²) in [5.41, 5.74) is 2.05. The largest absolute Gasteiger partial charge is 0.396 e. The van der Waals surface area contributed by atoms with Gasteiger partial charge < -0.3 is 14.8 Å². The molecule has 162 valence electrons. The fourth-order valence-electron chi connectivity index (χ4n) is 4.61. The zero-order chi connectivity index (χ0) is 21.0. The van der Waals surface area contributed by atoms with Gasteiger partial charge in [-0.2, -0.15) is 0 Å². The van der Waals surface area contributed by atoms with E-state index in [4.69, 9.17) is 9.82 Å². The van der Waals surface area contributed by atoms with Crippen molar-refractivity contribution in [3.63, 3.8) is 0 Å². The summed E-state index contributed by atoms with van der Waals surface area (Å²) >= 11 is 0. The minimum Gasteiger partial charge on any atom is -0.396 e. The summed E-state index contributed by atoms with van der Waals surface area (Å²) in [6, 6.07) is 12.6. The van der Waals surface area contributed by atoms with Crippen LogP contribution in [-0.2, 0) is 0 Å². The van der Waals surface area contributed by atoms with Gasteiger partial charge in [-0.05, 0) is 50.2 Å². The van der Waals surface area contributed by atoms with E-state index in [0.29, 0.717) is 11.8 Å². The van der Waals surface area contributed by atoms with Crippen molar-refractivity contribution in [3.8, 4) is 5.88 Å². The Morgan fingerprint density at radius 1 is 0.935 bits per heavy atom. The lowest BCUT2D eigenvalue weighted by Gasteiger charge is -2.36.